The van der Waals surface area contributed by atoms with Gasteiger partial charge in [-0.05, 0) is 24.3 Å². The molecule has 0 atom stereocenters. The molecule has 1 aromatic heterocycles. The summed E-state index contributed by atoms with van der Waals surface area (Å²) in [6, 6.07) is 10.4. The Morgan fingerprint density at radius 2 is 2.20 bits per heavy atom. The molecule has 0 aliphatic carbocycles. The number of hydrogen-bond acceptors (Lipinski definition) is 4. The second kappa shape index (κ2) is 6.94. The quantitative estimate of drug-likeness (QED) is 0.498. The molecular weight excluding hydrogens is 256 g/mol. The average Bonchev–Trinajstić information content (AvgIpc) is 2.98. The normalized spacial score (nSPS) is 10.4. The van der Waals surface area contributed by atoms with E-state index in [0.29, 0.717) is 23.7 Å². The van der Waals surface area contributed by atoms with Crippen LogP contribution < -0.4 is 10.2 Å². The minimum Gasteiger partial charge on any atom is -0.489 e. The lowest BCUT2D eigenvalue weighted by Crippen LogP contribution is -2.18. The van der Waals surface area contributed by atoms with Crippen LogP contribution in [0.2, 0.25) is 0 Å². The molecule has 2 aromatic rings. The fourth-order valence-corrected chi connectivity index (χ4v) is 1.51. The number of nitrogens with one attached hydrogen (secondary N) is 1. The number of rotatable bonds is 6. The van der Waals surface area contributed by atoms with Crippen molar-refractivity contribution in [2.75, 3.05) is 6.61 Å². The van der Waals surface area contributed by atoms with Crippen LogP contribution in [0.3, 0.4) is 0 Å². The van der Waals surface area contributed by atoms with Gasteiger partial charge < -0.3 is 9.15 Å². The van der Waals surface area contributed by atoms with Crippen molar-refractivity contribution in [2.45, 2.75) is 0 Å². The zero-order chi connectivity index (χ0) is 14.2. The van der Waals surface area contributed by atoms with Gasteiger partial charge in [-0.3, -0.25) is 4.79 Å². The molecule has 0 fully saturated rings. The molecule has 102 valence electrons. The first-order valence-electron chi connectivity index (χ1n) is 6.01. The van der Waals surface area contributed by atoms with Crippen LogP contribution in [0.15, 0.2) is 64.8 Å². The zero-order valence-electron chi connectivity index (χ0n) is 10.8. The summed E-state index contributed by atoms with van der Waals surface area (Å²) >= 11 is 0. The van der Waals surface area contributed by atoms with Crippen LogP contribution in [-0.2, 0) is 0 Å². The zero-order valence-corrected chi connectivity index (χ0v) is 10.8. The summed E-state index contributed by atoms with van der Waals surface area (Å²) in [6.07, 6.45) is 4.57. The number of para-hydroxylation sites is 1. The summed E-state index contributed by atoms with van der Waals surface area (Å²) in [4.78, 5) is 12.0. The summed E-state index contributed by atoms with van der Waals surface area (Å²) in [6.45, 7) is 3.90. The first-order valence-corrected chi connectivity index (χ1v) is 6.01. The maximum absolute atomic E-state index is 12.0. The Morgan fingerprint density at radius 1 is 1.35 bits per heavy atom. The molecule has 1 amide bonds. The van der Waals surface area contributed by atoms with E-state index in [9.17, 15) is 4.79 Å². The molecular formula is C15H14N2O3. The van der Waals surface area contributed by atoms with E-state index < -0.39 is 0 Å². The molecule has 20 heavy (non-hydrogen) atoms. The first-order chi connectivity index (χ1) is 9.81. The number of hydrogen-bond donors (Lipinski definition) is 1. The van der Waals surface area contributed by atoms with E-state index in [1.165, 1.54) is 12.5 Å². The lowest BCUT2D eigenvalue weighted by atomic mass is 10.2. The van der Waals surface area contributed by atoms with Gasteiger partial charge in [0.05, 0.1) is 18.0 Å². The minimum atomic E-state index is -0.354. The molecule has 1 aromatic carbocycles. The van der Waals surface area contributed by atoms with Gasteiger partial charge in [0.2, 0.25) is 0 Å². The molecule has 0 saturated carbocycles. The number of ether oxygens (including phenoxy) is 1. The van der Waals surface area contributed by atoms with Crippen molar-refractivity contribution in [3.05, 3.63) is 66.6 Å². The van der Waals surface area contributed by atoms with E-state index in [1.807, 2.05) is 0 Å². The second-order valence-corrected chi connectivity index (χ2v) is 3.81. The summed E-state index contributed by atoms with van der Waals surface area (Å²) < 4.78 is 10.5. The van der Waals surface area contributed by atoms with E-state index in [1.54, 1.807) is 42.5 Å². The smallest absolute Gasteiger partial charge is 0.275 e. The monoisotopic (exact) mass is 270 g/mol. The molecule has 0 bridgehead atoms. The topological polar surface area (TPSA) is 63.8 Å². The number of furan rings is 1. The Kier molecular flexibility index (Phi) is 4.72. The molecule has 0 unspecified atom stereocenters. The average molecular weight is 270 g/mol. The van der Waals surface area contributed by atoms with Crippen LogP contribution in [0.1, 0.15) is 16.1 Å². The first kappa shape index (κ1) is 13.6. The van der Waals surface area contributed by atoms with E-state index in [-0.39, 0.29) is 5.91 Å². The molecule has 1 heterocycles. The predicted octanol–water partition coefficient (Wildman–Crippen LogP) is 2.61. The van der Waals surface area contributed by atoms with Gasteiger partial charge in [0.15, 0.2) is 0 Å². The Balaban J connectivity index is 2.03. The molecule has 5 heteroatoms. The molecule has 0 aliphatic heterocycles. The van der Waals surface area contributed by atoms with Crippen molar-refractivity contribution in [3.63, 3.8) is 0 Å². The molecule has 0 radical (unpaired) electrons. The second-order valence-electron chi connectivity index (χ2n) is 3.81. The summed E-state index contributed by atoms with van der Waals surface area (Å²) in [5, 5.41) is 3.82. The highest BCUT2D eigenvalue weighted by atomic mass is 16.5. The lowest BCUT2D eigenvalue weighted by molar-refractivity contribution is 0.0951. The van der Waals surface area contributed by atoms with Crippen LogP contribution in [0, 0.1) is 0 Å². The Bertz CT molecular complexity index is 603. The SMILES string of the molecule is C=CCOc1ccccc1C(=O)NN=Cc1ccco1. The van der Waals surface area contributed by atoms with Crippen LogP contribution >= 0.6 is 0 Å². The molecule has 2 rings (SSSR count). The van der Waals surface area contributed by atoms with Gasteiger partial charge >= 0.3 is 0 Å². The van der Waals surface area contributed by atoms with Crippen LogP contribution in [0.5, 0.6) is 5.75 Å². The van der Waals surface area contributed by atoms with Crippen molar-refractivity contribution >= 4 is 12.1 Å². The summed E-state index contributed by atoms with van der Waals surface area (Å²) in [7, 11) is 0. The molecule has 5 nitrogen and oxygen atoms in total. The van der Waals surface area contributed by atoms with Crippen molar-refractivity contribution in [2.24, 2.45) is 5.10 Å². The van der Waals surface area contributed by atoms with Gasteiger partial charge in [0.25, 0.3) is 5.91 Å². The molecule has 0 spiro atoms. The highest BCUT2D eigenvalue weighted by Crippen LogP contribution is 2.17. The third-order valence-corrected chi connectivity index (χ3v) is 2.39. The highest BCUT2D eigenvalue weighted by molar-refractivity contribution is 5.97. The van der Waals surface area contributed by atoms with Crippen LogP contribution in [-0.4, -0.2) is 18.7 Å². The number of amides is 1. The van der Waals surface area contributed by atoms with Crippen molar-refractivity contribution in [1.82, 2.24) is 5.43 Å². The van der Waals surface area contributed by atoms with E-state index in [4.69, 9.17) is 9.15 Å². The fraction of sp³-hybridized carbons (Fsp3) is 0.0667. The number of benzene rings is 1. The molecule has 0 saturated heterocycles. The molecule has 1 N–H and O–H groups in total. The van der Waals surface area contributed by atoms with Gasteiger partial charge in [0.1, 0.15) is 18.1 Å². The maximum atomic E-state index is 12.0. The van der Waals surface area contributed by atoms with Gasteiger partial charge in [-0.1, -0.05) is 24.8 Å². The van der Waals surface area contributed by atoms with Crippen molar-refractivity contribution < 1.29 is 13.9 Å². The molecule has 0 aliphatic rings. The van der Waals surface area contributed by atoms with Gasteiger partial charge in [-0.25, -0.2) is 5.43 Å². The Morgan fingerprint density at radius 3 is 2.95 bits per heavy atom. The summed E-state index contributed by atoms with van der Waals surface area (Å²) in [5.41, 5.74) is 2.83. The van der Waals surface area contributed by atoms with E-state index >= 15 is 0 Å². The number of carbonyl (C=O) groups excluding carboxylic acids is 1. The largest absolute Gasteiger partial charge is 0.489 e. The lowest BCUT2D eigenvalue weighted by Gasteiger charge is -2.08. The van der Waals surface area contributed by atoms with Crippen molar-refractivity contribution in [1.29, 1.82) is 0 Å². The van der Waals surface area contributed by atoms with E-state index in [2.05, 4.69) is 17.1 Å². The van der Waals surface area contributed by atoms with Crippen LogP contribution in [0.4, 0.5) is 0 Å². The Hall–Kier alpha value is -2.82. The number of nitrogens with zero attached hydrogens (tertiary/aromatic N) is 1. The van der Waals surface area contributed by atoms with Gasteiger partial charge in [-0.2, -0.15) is 5.10 Å². The number of hydrazone groups is 1. The van der Waals surface area contributed by atoms with Gasteiger partial charge in [0, 0.05) is 0 Å². The maximum Gasteiger partial charge on any atom is 0.275 e. The highest BCUT2D eigenvalue weighted by Gasteiger charge is 2.10. The standard InChI is InChI=1S/C15H14N2O3/c1-2-9-20-14-8-4-3-7-13(14)15(18)17-16-11-12-6-5-10-19-12/h2-8,10-11H,1,9H2,(H,17,18). The van der Waals surface area contributed by atoms with E-state index in [0.717, 1.165) is 0 Å². The summed E-state index contributed by atoms with van der Waals surface area (Å²) in [5.74, 6) is 0.687. The minimum absolute atomic E-state index is 0.333. The Labute approximate surface area is 116 Å². The third kappa shape index (κ3) is 3.58. The van der Waals surface area contributed by atoms with Crippen LogP contribution in [0.25, 0.3) is 0 Å². The fourth-order valence-electron chi connectivity index (χ4n) is 1.51. The predicted molar refractivity (Wildman–Crippen MR) is 75.9 cm³/mol. The van der Waals surface area contributed by atoms with Gasteiger partial charge in [-0.15, -0.1) is 0 Å². The third-order valence-electron chi connectivity index (χ3n) is 2.39. The number of carbonyl (C=O) groups is 1. The van der Waals surface area contributed by atoms with Crippen molar-refractivity contribution in [3.8, 4) is 5.75 Å².